The molecule has 2 aliphatic carbocycles. The van der Waals surface area contributed by atoms with Crippen molar-refractivity contribution >= 4 is 6.03 Å². The molecule has 1 heterocycles. The first-order chi connectivity index (χ1) is 13.5. The molecule has 0 aromatic heterocycles. The Kier molecular flexibility index (Phi) is 8.38. The zero-order chi connectivity index (χ0) is 19.9. The molecule has 3 fully saturated rings. The average molecular weight is 395 g/mol. The monoisotopic (exact) mass is 394 g/mol. The van der Waals surface area contributed by atoms with Gasteiger partial charge in [0.25, 0.3) is 0 Å². The highest BCUT2D eigenvalue weighted by Gasteiger charge is 2.33. The minimum absolute atomic E-state index is 0.0463. The molecule has 6 atom stereocenters. The van der Waals surface area contributed by atoms with E-state index in [1.165, 1.54) is 32.1 Å². The Balaban J connectivity index is 1.42. The average Bonchev–Trinajstić information content (AvgIpc) is 2.67. The Morgan fingerprint density at radius 2 is 1.82 bits per heavy atom. The summed E-state index contributed by atoms with van der Waals surface area (Å²) in [6, 6.07) is 0.649. The number of nitrogens with zero attached hydrogens (tertiary/aromatic N) is 1. The second kappa shape index (κ2) is 10.8. The summed E-state index contributed by atoms with van der Waals surface area (Å²) in [6.07, 6.45) is 11.4. The van der Waals surface area contributed by atoms with Gasteiger partial charge in [-0.3, -0.25) is 15.5 Å². The number of hydrogen-bond donors (Lipinski definition) is 5. The lowest BCUT2D eigenvalue weighted by Gasteiger charge is -2.41. The van der Waals surface area contributed by atoms with Gasteiger partial charge in [-0.1, -0.05) is 25.7 Å². The lowest BCUT2D eigenvalue weighted by Crippen LogP contribution is -2.68. The molecule has 7 heteroatoms. The van der Waals surface area contributed by atoms with E-state index >= 15 is 0 Å². The molecular weight excluding hydrogens is 352 g/mol. The maximum Gasteiger partial charge on any atom is 0.317 e. The molecule has 1 aliphatic heterocycles. The molecule has 7 nitrogen and oxygen atoms in total. The van der Waals surface area contributed by atoms with Crippen molar-refractivity contribution in [2.24, 2.45) is 11.8 Å². The van der Waals surface area contributed by atoms with E-state index in [9.17, 15) is 4.79 Å². The minimum atomic E-state index is -0.188. The van der Waals surface area contributed by atoms with E-state index in [1.807, 2.05) is 7.05 Å². The van der Waals surface area contributed by atoms with Crippen LogP contribution in [0.15, 0.2) is 0 Å². The summed E-state index contributed by atoms with van der Waals surface area (Å²) in [5.74, 6) is 1.74. The van der Waals surface area contributed by atoms with Gasteiger partial charge < -0.3 is 16.0 Å². The topological polar surface area (TPSA) is 80.5 Å². The van der Waals surface area contributed by atoms with Crippen molar-refractivity contribution in [3.63, 3.8) is 0 Å². The van der Waals surface area contributed by atoms with Crippen LogP contribution in [0.5, 0.6) is 0 Å². The van der Waals surface area contributed by atoms with Crippen molar-refractivity contribution in [3.05, 3.63) is 0 Å². The fourth-order valence-corrected chi connectivity index (χ4v) is 5.41. The highest BCUT2D eigenvalue weighted by atomic mass is 16.2. The Morgan fingerprint density at radius 3 is 2.61 bits per heavy atom. The Hall–Kier alpha value is -0.890. The smallest absolute Gasteiger partial charge is 0.317 e. The minimum Gasteiger partial charge on any atom is -0.335 e. The van der Waals surface area contributed by atoms with E-state index in [4.69, 9.17) is 0 Å². The molecule has 2 saturated carbocycles. The van der Waals surface area contributed by atoms with E-state index < -0.39 is 0 Å². The molecule has 0 aromatic carbocycles. The molecule has 0 aromatic rings. The molecule has 162 valence electrons. The molecule has 5 N–H and O–H groups in total. The second-order valence-electron chi connectivity index (χ2n) is 9.29. The van der Waals surface area contributed by atoms with Crippen LogP contribution < -0.4 is 26.6 Å². The van der Waals surface area contributed by atoms with Crippen LogP contribution in [0.2, 0.25) is 0 Å². The van der Waals surface area contributed by atoms with Gasteiger partial charge >= 0.3 is 6.03 Å². The number of nitrogens with one attached hydrogen (secondary N) is 5. The van der Waals surface area contributed by atoms with E-state index in [2.05, 4.69) is 45.5 Å². The number of carbonyl (C=O) groups is 1. The quantitative estimate of drug-likeness (QED) is 0.425. The Bertz CT molecular complexity index is 490. The fraction of sp³-hybridized carbons (Fsp3) is 0.952. The summed E-state index contributed by atoms with van der Waals surface area (Å²) < 4.78 is 0. The van der Waals surface area contributed by atoms with Crippen LogP contribution in [0.1, 0.15) is 64.7 Å². The molecular formula is C21H42N6O. The third kappa shape index (κ3) is 6.31. The number of fused-ring (bicyclic) bond motifs is 1. The predicted octanol–water partition coefficient (Wildman–Crippen LogP) is 1.77. The molecule has 3 aliphatic rings. The zero-order valence-corrected chi connectivity index (χ0v) is 18.1. The molecule has 28 heavy (non-hydrogen) atoms. The van der Waals surface area contributed by atoms with Gasteiger partial charge in [0.2, 0.25) is 0 Å². The van der Waals surface area contributed by atoms with E-state index in [0.717, 1.165) is 50.6 Å². The highest BCUT2D eigenvalue weighted by Crippen LogP contribution is 2.40. The van der Waals surface area contributed by atoms with Gasteiger partial charge in [0.05, 0.1) is 6.17 Å². The number of urea groups is 1. The summed E-state index contributed by atoms with van der Waals surface area (Å²) >= 11 is 0. The fourth-order valence-electron chi connectivity index (χ4n) is 5.41. The number of hydrogen-bond acceptors (Lipinski definition) is 5. The third-order valence-corrected chi connectivity index (χ3v) is 7.01. The first-order valence-corrected chi connectivity index (χ1v) is 11.5. The van der Waals surface area contributed by atoms with Gasteiger partial charge in [-0.15, -0.1) is 0 Å². The van der Waals surface area contributed by atoms with Gasteiger partial charge in [0.1, 0.15) is 6.29 Å². The van der Waals surface area contributed by atoms with Crippen molar-refractivity contribution in [2.75, 3.05) is 27.2 Å². The van der Waals surface area contributed by atoms with Gasteiger partial charge in [-0.2, -0.15) is 0 Å². The summed E-state index contributed by atoms with van der Waals surface area (Å²) in [7, 11) is 4.15. The van der Waals surface area contributed by atoms with E-state index in [-0.39, 0.29) is 18.5 Å². The van der Waals surface area contributed by atoms with Crippen LogP contribution in [0.25, 0.3) is 0 Å². The maximum atomic E-state index is 12.6. The Labute approximate surface area is 171 Å². The van der Waals surface area contributed by atoms with Crippen LogP contribution in [-0.2, 0) is 0 Å². The standard InChI is InChI=1S/C21H42N6O/c1-15-13-19(27(3)12-6-11-22-2)25-20(23-15)26-21(28)24-18-10-9-16-7-4-5-8-17(16)14-18/h15-20,22-23,25H,4-14H2,1-3H3,(H2,24,26,28). The maximum absolute atomic E-state index is 12.6. The summed E-state index contributed by atoms with van der Waals surface area (Å²) in [5.41, 5.74) is 0. The first kappa shape index (κ1) is 21.8. The third-order valence-electron chi connectivity index (χ3n) is 7.01. The van der Waals surface area contributed by atoms with Crippen molar-refractivity contribution < 1.29 is 4.79 Å². The van der Waals surface area contributed by atoms with Crippen LogP contribution in [0.3, 0.4) is 0 Å². The summed E-state index contributed by atoms with van der Waals surface area (Å²) in [5, 5.41) is 16.6. The SMILES string of the molecule is CNCCCN(C)C1CC(C)NC(NC(=O)NC2CCC3CCCCC3C2)N1. The lowest BCUT2D eigenvalue weighted by molar-refractivity contribution is 0.105. The Morgan fingerprint density at radius 1 is 1.04 bits per heavy atom. The predicted molar refractivity (Wildman–Crippen MR) is 114 cm³/mol. The lowest BCUT2D eigenvalue weighted by atomic mass is 9.69. The van der Waals surface area contributed by atoms with Gasteiger partial charge in [0, 0.05) is 18.6 Å². The molecule has 3 rings (SSSR count). The largest absolute Gasteiger partial charge is 0.335 e. The van der Waals surface area contributed by atoms with Crippen LogP contribution in [0.4, 0.5) is 4.79 Å². The normalized spacial score (nSPS) is 36.0. The zero-order valence-electron chi connectivity index (χ0n) is 18.1. The van der Waals surface area contributed by atoms with Gasteiger partial charge in [-0.05, 0) is 71.5 Å². The van der Waals surface area contributed by atoms with Crippen molar-refractivity contribution in [1.29, 1.82) is 0 Å². The summed E-state index contributed by atoms with van der Waals surface area (Å²) in [4.78, 5) is 15.0. The van der Waals surface area contributed by atoms with Crippen LogP contribution in [-0.4, -0.2) is 62.7 Å². The van der Waals surface area contributed by atoms with Crippen molar-refractivity contribution in [3.8, 4) is 0 Å². The molecule has 0 spiro atoms. The molecule has 0 bridgehead atoms. The number of rotatable bonds is 7. The van der Waals surface area contributed by atoms with Crippen molar-refractivity contribution in [1.82, 2.24) is 31.5 Å². The highest BCUT2D eigenvalue weighted by molar-refractivity contribution is 5.74. The molecule has 2 amide bonds. The van der Waals surface area contributed by atoms with E-state index in [0.29, 0.717) is 12.1 Å². The van der Waals surface area contributed by atoms with Crippen molar-refractivity contribution in [2.45, 2.75) is 89.3 Å². The first-order valence-electron chi connectivity index (χ1n) is 11.5. The number of amides is 2. The second-order valence-corrected chi connectivity index (χ2v) is 9.29. The molecule has 1 saturated heterocycles. The summed E-state index contributed by atoms with van der Waals surface area (Å²) in [6.45, 7) is 4.25. The van der Waals surface area contributed by atoms with Gasteiger partial charge in [-0.25, -0.2) is 4.79 Å². The number of carbonyl (C=O) groups excluding carboxylic acids is 1. The van der Waals surface area contributed by atoms with E-state index in [1.54, 1.807) is 0 Å². The molecule has 0 radical (unpaired) electrons. The van der Waals surface area contributed by atoms with Crippen LogP contribution >= 0.6 is 0 Å². The van der Waals surface area contributed by atoms with Crippen LogP contribution in [0, 0.1) is 11.8 Å². The molecule has 6 unspecified atom stereocenters. The van der Waals surface area contributed by atoms with Gasteiger partial charge in [0.15, 0.2) is 0 Å².